The highest BCUT2D eigenvalue weighted by Gasteiger charge is 2.24. The Hall–Kier alpha value is -2.61. The highest BCUT2D eigenvalue weighted by Crippen LogP contribution is 2.27. The lowest BCUT2D eigenvalue weighted by molar-refractivity contribution is -0.123. The van der Waals surface area contributed by atoms with E-state index in [-0.39, 0.29) is 22.4 Å². The Kier molecular flexibility index (Phi) is 2.18. The molecule has 16 heavy (non-hydrogen) atoms. The van der Waals surface area contributed by atoms with Gasteiger partial charge in [0, 0.05) is 11.6 Å². The fourth-order valence-corrected chi connectivity index (χ4v) is 1.49. The second-order valence-corrected chi connectivity index (χ2v) is 3.19. The van der Waals surface area contributed by atoms with Gasteiger partial charge in [-0.2, -0.15) is 5.26 Å². The molecule has 0 fully saturated rings. The fourth-order valence-electron chi connectivity index (χ4n) is 1.49. The van der Waals surface area contributed by atoms with Gasteiger partial charge in [0.2, 0.25) is 0 Å². The number of imide groups is 1. The van der Waals surface area contributed by atoms with Crippen molar-refractivity contribution in [1.82, 2.24) is 5.32 Å². The molecule has 0 saturated carbocycles. The van der Waals surface area contributed by atoms with Crippen molar-refractivity contribution in [1.29, 1.82) is 5.26 Å². The van der Waals surface area contributed by atoms with Crippen molar-refractivity contribution < 1.29 is 14.7 Å². The van der Waals surface area contributed by atoms with E-state index in [1.165, 1.54) is 18.2 Å². The van der Waals surface area contributed by atoms with Crippen LogP contribution in [-0.4, -0.2) is 16.9 Å². The van der Waals surface area contributed by atoms with Crippen LogP contribution in [0.4, 0.5) is 0 Å². The van der Waals surface area contributed by atoms with E-state index in [1.807, 2.05) is 0 Å². The maximum absolute atomic E-state index is 11.4. The second kappa shape index (κ2) is 3.51. The van der Waals surface area contributed by atoms with E-state index < -0.39 is 11.8 Å². The van der Waals surface area contributed by atoms with Crippen LogP contribution in [0.15, 0.2) is 24.3 Å². The Morgan fingerprint density at radius 3 is 2.62 bits per heavy atom. The summed E-state index contributed by atoms with van der Waals surface area (Å²) in [5.74, 6) is -1.30. The lowest BCUT2D eigenvalue weighted by Gasteiger charge is -2.04. The molecule has 0 atom stereocenters. The number of phenolic OH excluding ortho intramolecular Hbond substituents is 1. The van der Waals surface area contributed by atoms with Gasteiger partial charge in [0.05, 0.1) is 5.57 Å². The standard InChI is InChI=1S/C11H6N2O3/c12-5-8-6(2-1-3-9(8)14)7-4-10(15)13-11(7)16/h1-4,14H,(H,13,15,16). The Bertz CT molecular complexity index is 567. The van der Waals surface area contributed by atoms with Crippen LogP contribution in [0.2, 0.25) is 0 Å². The van der Waals surface area contributed by atoms with Crippen molar-refractivity contribution in [3.8, 4) is 11.8 Å². The summed E-state index contributed by atoms with van der Waals surface area (Å²) in [5.41, 5.74) is 0.335. The molecular formula is C11H6N2O3. The van der Waals surface area contributed by atoms with E-state index in [0.29, 0.717) is 0 Å². The number of carbonyl (C=O) groups excluding carboxylic acids is 2. The van der Waals surface area contributed by atoms with Crippen LogP contribution in [0.5, 0.6) is 5.75 Å². The van der Waals surface area contributed by atoms with Crippen molar-refractivity contribution in [3.05, 3.63) is 35.4 Å². The summed E-state index contributed by atoms with van der Waals surface area (Å²) < 4.78 is 0. The fraction of sp³-hybridized carbons (Fsp3) is 0. The van der Waals surface area contributed by atoms with Crippen molar-refractivity contribution in [2.45, 2.75) is 0 Å². The van der Waals surface area contributed by atoms with Gasteiger partial charge in [-0.3, -0.25) is 14.9 Å². The number of aromatic hydroxyl groups is 1. The summed E-state index contributed by atoms with van der Waals surface area (Å²) in [6, 6.07) is 6.14. The summed E-state index contributed by atoms with van der Waals surface area (Å²) in [7, 11) is 0. The van der Waals surface area contributed by atoms with Crippen LogP contribution in [0.3, 0.4) is 0 Å². The molecule has 2 N–H and O–H groups in total. The number of amides is 2. The smallest absolute Gasteiger partial charge is 0.258 e. The number of hydrogen-bond donors (Lipinski definition) is 2. The zero-order valence-electron chi connectivity index (χ0n) is 8.02. The first kappa shape index (κ1) is 9.93. The normalized spacial score (nSPS) is 14.3. The van der Waals surface area contributed by atoms with E-state index in [4.69, 9.17) is 5.26 Å². The third kappa shape index (κ3) is 1.42. The van der Waals surface area contributed by atoms with E-state index >= 15 is 0 Å². The summed E-state index contributed by atoms with van der Waals surface area (Å²) >= 11 is 0. The van der Waals surface area contributed by atoms with E-state index in [9.17, 15) is 14.7 Å². The predicted octanol–water partition coefficient (Wildman–Crippen LogP) is 0.304. The molecule has 1 aromatic carbocycles. The molecule has 5 nitrogen and oxygen atoms in total. The van der Waals surface area contributed by atoms with Crippen LogP contribution in [0.1, 0.15) is 11.1 Å². The minimum Gasteiger partial charge on any atom is -0.507 e. The van der Waals surface area contributed by atoms with Crippen molar-refractivity contribution in [3.63, 3.8) is 0 Å². The highest BCUT2D eigenvalue weighted by atomic mass is 16.3. The first-order valence-electron chi connectivity index (χ1n) is 4.43. The number of carbonyl (C=O) groups is 2. The molecule has 0 radical (unpaired) electrons. The van der Waals surface area contributed by atoms with Gasteiger partial charge in [-0.05, 0) is 6.07 Å². The van der Waals surface area contributed by atoms with Crippen molar-refractivity contribution >= 4 is 17.4 Å². The maximum atomic E-state index is 11.4. The van der Waals surface area contributed by atoms with E-state index in [1.54, 1.807) is 6.07 Å². The number of nitrogens with zero attached hydrogens (tertiary/aromatic N) is 1. The molecule has 2 amide bonds. The molecule has 1 aliphatic rings. The van der Waals surface area contributed by atoms with Crippen LogP contribution in [0, 0.1) is 11.3 Å². The Morgan fingerprint density at radius 2 is 2.06 bits per heavy atom. The minimum absolute atomic E-state index is 0.0152. The molecule has 5 heteroatoms. The maximum Gasteiger partial charge on any atom is 0.258 e. The lowest BCUT2D eigenvalue weighted by atomic mass is 10.00. The Balaban J connectivity index is 2.62. The number of hydrogen-bond acceptors (Lipinski definition) is 4. The van der Waals surface area contributed by atoms with Crippen LogP contribution < -0.4 is 5.32 Å². The molecule has 78 valence electrons. The molecular weight excluding hydrogens is 208 g/mol. The molecule has 0 bridgehead atoms. The number of benzene rings is 1. The van der Waals surface area contributed by atoms with Crippen LogP contribution in [-0.2, 0) is 9.59 Å². The van der Waals surface area contributed by atoms with Gasteiger partial charge in [0.1, 0.15) is 17.4 Å². The number of rotatable bonds is 1. The monoisotopic (exact) mass is 214 g/mol. The minimum atomic E-state index is -0.563. The SMILES string of the molecule is N#Cc1c(O)cccc1C1=CC(=O)NC1=O. The van der Waals surface area contributed by atoms with Gasteiger partial charge >= 0.3 is 0 Å². The first-order valence-corrected chi connectivity index (χ1v) is 4.43. The third-order valence-electron chi connectivity index (χ3n) is 2.20. The van der Waals surface area contributed by atoms with Gasteiger partial charge in [0.15, 0.2) is 0 Å². The zero-order valence-corrected chi connectivity index (χ0v) is 8.02. The molecule has 2 rings (SSSR count). The number of nitriles is 1. The largest absolute Gasteiger partial charge is 0.507 e. The quantitative estimate of drug-likeness (QED) is 0.658. The highest BCUT2D eigenvalue weighted by molar-refractivity contribution is 6.33. The first-order chi connectivity index (χ1) is 7.63. The molecule has 0 unspecified atom stereocenters. The third-order valence-corrected chi connectivity index (χ3v) is 2.20. The molecule has 0 aromatic heterocycles. The summed E-state index contributed by atoms with van der Waals surface area (Å²) in [6.45, 7) is 0. The molecule has 1 aromatic rings. The second-order valence-electron chi connectivity index (χ2n) is 3.19. The average molecular weight is 214 g/mol. The van der Waals surface area contributed by atoms with E-state index in [0.717, 1.165) is 6.08 Å². The van der Waals surface area contributed by atoms with Gasteiger partial charge in [0.25, 0.3) is 11.8 Å². The van der Waals surface area contributed by atoms with Crippen molar-refractivity contribution in [2.75, 3.05) is 0 Å². The predicted molar refractivity (Wildman–Crippen MR) is 53.9 cm³/mol. The van der Waals surface area contributed by atoms with Crippen LogP contribution >= 0.6 is 0 Å². The zero-order chi connectivity index (χ0) is 11.7. The molecule has 0 saturated heterocycles. The van der Waals surface area contributed by atoms with Gasteiger partial charge in [-0.25, -0.2) is 0 Å². The number of phenols is 1. The van der Waals surface area contributed by atoms with Gasteiger partial charge in [-0.1, -0.05) is 12.1 Å². The summed E-state index contributed by atoms with van der Waals surface area (Å²) in [4.78, 5) is 22.3. The topological polar surface area (TPSA) is 90.2 Å². The lowest BCUT2D eigenvalue weighted by Crippen LogP contribution is -2.21. The van der Waals surface area contributed by atoms with E-state index in [2.05, 4.69) is 5.32 Å². The molecule has 1 heterocycles. The molecule has 1 aliphatic heterocycles. The van der Waals surface area contributed by atoms with Gasteiger partial charge < -0.3 is 5.11 Å². The summed E-state index contributed by atoms with van der Waals surface area (Å²) in [5, 5.41) is 20.4. The molecule has 0 spiro atoms. The molecule has 0 aliphatic carbocycles. The Labute approximate surface area is 90.6 Å². The van der Waals surface area contributed by atoms with Crippen LogP contribution in [0.25, 0.3) is 5.57 Å². The number of nitrogens with one attached hydrogen (secondary N) is 1. The average Bonchev–Trinajstić information content (AvgIpc) is 2.57. The Morgan fingerprint density at radius 1 is 1.31 bits per heavy atom. The summed E-state index contributed by atoms with van der Waals surface area (Å²) in [6.07, 6.45) is 1.11. The van der Waals surface area contributed by atoms with Crippen molar-refractivity contribution in [2.24, 2.45) is 0 Å². The van der Waals surface area contributed by atoms with Gasteiger partial charge in [-0.15, -0.1) is 0 Å².